The first-order valence-corrected chi connectivity index (χ1v) is 5.97. The van der Waals surface area contributed by atoms with Crippen molar-refractivity contribution in [3.05, 3.63) is 42.5 Å². The SMILES string of the molecule is COc1cccc(OC)c1-c1ccc(NC(=O)O)cc1. The number of anilines is 1. The van der Waals surface area contributed by atoms with Gasteiger partial charge < -0.3 is 14.6 Å². The van der Waals surface area contributed by atoms with Gasteiger partial charge >= 0.3 is 6.09 Å². The maximum atomic E-state index is 10.6. The van der Waals surface area contributed by atoms with E-state index in [0.717, 1.165) is 11.1 Å². The van der Waals surface area contributed by atoms with Crippen molar-refractivity contribution >= 4 is 11.8 Å². The Labute approximate surface area is 116 Å². The van der Waals surface area contributed by atoms with Crippen LogP contribution in [0.4, 0.5) is 10.5 Å². The number of carboxylic acid groups (broad SMARTS) is 1. The lowest BCUT2D eigenvalue weighted by molar-refractivity contribution is 0.210. The number of ether oxygens (including phenoxy) is 2. The molecule has 5 nitrogen and oxygen atoms in total. The predicted octanol–water partition coefficient (Wildman–Crippen LogP) is 3.46. The van der Waals surface area contributed by atoms with Crippen molar-refractivity contribution in [3.63, 3.8) is 0 Å². The van der Waals surface area contributed by atoms with Crippen LogP contribution in [0.15, 0.2) is 42.5 Å². The van der Waals surface area contributed by atoms with E-state index >= 15 is 0 Å². The fourth-order valence-electron chi connectivity index (χ4n) is 1.98. The van der Waals surface area contributed by atoms with Gasteiger partial charge in [-0.25, -0.2) is 4.79 Å². The van der Waals surface area contributed by atoms with Gasteiger partial charge in [0.05, 0.1) is 19.8 Å². The predicted molar refractivity (Wildman–Crippen MR) is 76.6 cm³/mol. The van der Waals surface area contributed by atoms with Gasteiger partial charge in [-0.1, -0.05) is 18.2 Å². The lowest BCUT2D eigenvalue weighted by Gasteiger charge is -2.13. The number of amides is 1. The number of carbonyl (C=O) groups is 1. The molecule has 2 N–H and O–H groups in total. The van der Waals surface area contributed by atoms with Gasteiger partial charge in [-0.3, -0.25) is 5.32 Å². The van der Waals surface area contributed by atoms with Gasteiger partial charge in [0, 0.05) is 5.69 Å². The number of hydrogen-bond donors (Lipinski definition) is 2. The lowest BCUT2D eigenvalue weighted by atomic mass is 10.0. The van der Waals surface area contributed by atoms with Gasteiger partial charge in [0.1, 0.15) is 11.5 Å². The van der Waals surface area contributed by atoms with E-state index in [1.807, 2.05) is 30.3 Å². The molecule has 0 saturated carbocycles. The summed E-state index contributed by atoms with van der Waals surface area (Å²) in [6.45, 7) is 0. The molecule has 0 spiro atoms. The number of benzene rings is 2. The maximum Gasteiger partial charge on any atom is 0.409 e. The molecule has 0 aliphatic heterocycles. The normalized spacial score (nSPS) is 9.90. The minimum absolute atomic E-state index is 0.509. The van der Waals surface area contributed by atoms with Crippen LogP contribution in [-0.4, -0.2) is 25.4 Å². The van der Waals surface area contributed by atoms with E-state index in [1.54, 1.807) is 26.4 Å². The first-order valence-electron chi connectivity index (χ1n) is 5.97. The fraction of sp³-hybridized carbons (Fsp3) is 0.133. The monoisotopic (exact) mass is 273 g/mol. The molecule has 0 heterocycles. The van der Waals surface area contributed by atoms with E-state index < -0.39 is 6.09 Å². The van der Waals surface area contributed by atoms with Crippen LogP contribution in [0.3, 0.4) is 0 Å². The molecule has 2 rings (SSSR count). The second kappa shape index (κ2) is 5.97. The van der Waals surface area contributed by atoms with Gasteiger partial charge in [-0.15, -0.1) is 0 Å². The van der Waals surface area contributed by atoms with Crippen LogP contribution in [0.25, 0.3) is 11.1 Å². The van der Waals surface area contributed by atoms with Crippen molar-refractivity contribution in [2.45, 2.75) is 0 Å². The summed E-state index contributed by atoms with van der Waals surface area (Å²) in [5, 5.41) is 11.0. The number of methoxy groups -OCH3 is 2. The zero-order chi connectivity index (χ0) is 14.5. The minimum Gasteiger partial charge on any atom is -0.496 e. The van der Waals surface area contributed by atoms with Gasteiger partial charge in [0.2, 0.25) is 0 Å². The molecule has 0 fully saturated rings. The summed E-state index contributed by atoms with van der Waals surface area (Å²) in [4.78, 5) is 10.6. The molecule has 104 valence electrons. The molecule has 0 radical (unpaired) electrons. The average molecular weight is 273 g/mol. The molecule has 20 heavy (non-hydrogen) atoms. The van der Waals surface area contributed by atoms with Gasteiger partial charge in [0.25, 0.3) is 0 Å². The summed E-state index contributed by atoms with van der Waals surface area (Å²) < 4.78 is 10.7. The molecule has 5 heteroatoms. The molecule has 2 aromatic rings. The quantitative estimate of drug-likeness (QED) is 0.895. The maximum absolute atomic E-state index is 10.6. The first-order chi connectivity index (χ1) is 9.65. The Morgan fingerprint density at radius 1 is 1.00 bits per heavy atom. The van der Waals surface area contributed by atoms with Crippen molar-refractivity contribution in [1.82, 2.24) is 0 Å². The van der Waals surface area contributed by atoms with Crippen LogP contribution in [0.1, 0.15) is 0 Å². The van der Waals surface area contributed by atoms with Crippen LogP contribution in [-0.2, 0) is 0 Å². The molecular formula is C15H15NO4. The van der Waals surface area contributed by atoms with Crippen LogP contribution in [0, 0.1) is 0 Å². The minimum atomic E-state index is -1.09. The van der Waals surface area contributed by atoms with Crippen molar-refractivity contribution in [3.8, 4) is 22.6 Å². The first kappa shape index (κ1) is 13.7. The Balaban J connectivity index is 2.43. The summed E-state index contributed by atoms with van der Waals surface area (Å²) in [7, 11) is 3.19. The fourth-order valence-corrected chi connectivity index (χ4v) is 1.98. The molecular weight excluding hydrogens is 258 g/mol. The van der Waals surface area contributed by atoms with Crippen LogP contribution < -0.4 is 14.8 Å². The molecule has 0 aliphatic rings. The third-order valence-corrected chi connectivity index (χ3v) is 2.85. The molecule has 0 bridgehead atoms. The van der Waals surface area contributed by atoms with E-state index in [1.165, 1.54) is 0 Å². The molecule has 0 unspecified atom stereocenters. The number of nitrogens with one attached hydrogen (secondary N) is 1. The van der Waals surface area contributed by atoms with E-state index in [4.69, 9.17) is 14.6 Å². The van der Waals surface area contributed by atoms with E-state index in [9.17, 15) is 4.79 Å². The van der Waals surface area contributed by atoms with Crippen LogP contribution in [0.5, 0.6) is 11.5 Å². The Kier molecular flexibility index (Phi) is 4.10. The summed E-state index contributed by atoms with van der Waals surface area (Å²) in [6.07, 6.45) is -1.09. The molecule has 0 saturated heterocycles. The Bertz CT molecular complexity index is 586. The highest BCUT2D eigenvalue weighted by Crippen LogP contribution is 2.38. The molecule has 1 amide bonds. The second-order valence-corrected chi connectivity index (χ2v) is 4.05. The smallest absolute Gasteiger partial charge is 0.409 e. The molecule has 2 aromatic carbocycles. The highest BCUT2D eigenvalue weighted by atomic mass is 16.5. The Hall–Kier alpha value is -2.69. The highest BCUT2D eigenvalue weighted by Gasteiger charge is 2.12. The zero-order valence-electron chi connectivity index (χ0n) is 11.2. The van der Waals surface area contributed by atoms with Gasteiger partial charge in [-0.05, 0) is 29.8 Å². The van der Waals surface area contributed by atoms with E-state index in [2.05, 4.69) is 5.32 Å². The Morgan fingerprint density at radius 2 is 1.55 bits per heavy atom. The largest absolute Gasteiger partial charge is 0.496 e. The van der Waals surface area contributed by atoms with Crippen molar-refractivity contribution in [2.75, 3.05) is 19.5 Å². The van der Waals surface area contributed by atoms with Gasteiger partial charge in [-0.2, -0.15) is 0 Å². The lowest BCUT2D eigenvalue weighted by Crippen LogP contribution is -2.06. The molecule has 0 aliphatic carbocycles. The summed E-state index contributed by atoms with van der Waals surface area (Å²) in [6, 6.07) is 12.5. The molecule has 0 aromatic heterocycles. The average Bonchev–Trinajstić information content (AvgIpc) is 2.46. The van der Waals surface area contributed by atoms with Crippen LogP contribution in [0.2, 0.25) is 0 Å². The third kappa shape index (κ3) is 2.83. The zero-order valence-corrected chi connectivity index (χ0v) is 11.2. The summed E-state index contributed by atoms with van der Waals surface area (Å²) in [5.74, 6) is 1.39. The summed E-state index contributed by atoms with van der Waals surface area (Å²) >= 11 is 0. The van der Waals surface area contributed by atoms with Gasteiger partial charge in [0.15, 0.2) is 0 Å². The van der Waals surface area contributed by atoms with E-state index in [0.29, 0.717) is 17.2 Å². The topological polar surface area (TPSA) is 67.8 Å². The number of rotatable bonds is 4. The van der Waals surface area contributed by atoms with Crippen molar-refractivity contribution < 1.29 is 19.4 Å². The van der Waals surface area contributed by atoms with Crippen LogP contribution >= 0.6 is 0 Å². The highest BCUT2D eigenvalue weighted by molar-refractivity contribution is 5.84. The van der Waals surface area contributed by atoms with Crippen molar-refractivity contribution in [1.29, 1.82) is 0 Å². The molecule has 0 atom stereocenters. The van der Waals surface area contributed by atoms with Crippen molar-refractivity contribution in [2.24, 2.45) is 0 Å². The Morgan fingerprint density at radius 3 is 2.00 bits per heavy atom. The summed E-state index contributed by atoms with van der Waals surface area (Å²) in [5.41, 5.74) is 2.23. The second-order valence-electron chi connectivity index (χ2n) is 4.05. The van der Waals surface area contributed by atoms with E-state index in [-0.39, 0.29) is 0 Å². The third-order valence-electron chi connectivity index (χ3n) is 2.85. The standard InChI is InChI=1S/C15H15NO4/c1-19-12-4-3-5-13(20-2)14(12)10-6-8-11(9-7-10)16-15(17)18/h3-9,16H,1-2H3,(H,17,18). The number of hydrogen-bond acceptors (Lipinski definition) is 3.